The van der Waals surface area contributed by atoms with Crippen molar-refractivity contribution in [2.75, 3.05) is 18.4 Å². The molecule has 152 valence electrons. The van der Waals surface area contributed by atoms with E-state index in [1.807, 2.05) is 19.1 Å². The quantitative estimate of drug-likeness (QED) is 0.571. The number of aryl methyl sites for hydroxylation is 1. The van der Waals surface area contributed by atoms with Crippen LogP contribution in [0.25, 0.3) is 0 Å². The number of nitrogens with one attached hydrogen (secondary N) is 1. The molecule has 4 rings (SSSR count). The van der Waals surface area contributed by atoms with Crippen molar-refractivity contribution in [3.8, 4) is 0 Å². The highest BCUT2D eigenvalue weighted by Crippen LogP contribution is 2.40. The van der Waals surface area contributed by atoms with E-state index in [-0.39, 0.29) is 23.5 Å². The molecule has 2 aromatic heterocycles. The molecule has 1 aliphatic rings. The van der Waals surface area contributed by atoms with Crippen molar-refractivity contribution in [3.63, 3.8) is 0 Å². The van der Waals surface area contributed by atoms with Gasteiger partial charge in [-0.25, -0.2) is 4.39 Å². The van der Waals surface area contributed by atoms with Crippen molar-refractivity contribution < 1.29 is 13.6 Å². The summed E-state index contributed by atoms with van der Waals surface area (Å²) in [6.07, 6.45) is 3.76. The van der Waals surface area contributed by atoms with E-state index in [0.717, 1.165) is 46.9 Å². The summed E-state index contributed by atoms with van der Waals surface area (Å²) in [4.78, 5) is 16.2. The van der Waals surface area contributed by atoms with Gasteiger partial charge >= 0.3 is 0 Å². The second-order valence-electron chi connectivity index (χ2n) is 7.75. The van der Waals surface area contributed by atoms with Crippen LogP contribution >= 0.6 is 11.3 Å². The first-order valence-corrected chi connectivity index (χ1v) is 10.8. The maximum absolute atomic E-state index is 13.6. The van der Waals surface area contributed by atoms with Crippen LogP contribution in [0.15, 0.2) is 53.1 Å². The molecule has 1 aliphatic heterocycles. The molecule has 0 aliphatic carbocycles. The monoisotopic (exact) mass is 412 g/mol. The van der Waals surface area contributed by atoms with E-state index >= 15 is 0 Å². The van der Waals surface area contributed by atoms with Gasteiger partial charge in [0.15, 0.2) is 5.76 Å². The summed E-state index contributed by atoms with van der Waals surface area (Å²) in [6.45, 7) is 6.28. The molecule has 1 aromatic carbocycles. The molecule has 1 N–H and O–H groups in total. The highest BCUT2D eigenvalue weighted by atomic mass is 32.1. The van der Waals surface area contributed by atoms with Crippen molar-refractivity contribution >= 4 is 22.2 Å². The Morgan fingerprint density at radius 2 is 1.97 bits per heavy atom. The second kappa shape index (κ2) is 8.51. The molecule has 4 nitrogen and oxygen atoms in total. The summed E-state index contributed by atoms with van der Waals surface area (Å²) in [6, 6.07) is 12.2. The van der Waals surface area contributed by atoms with Crippen LogP contribution < -0.4 is 5.32 Å². The topological polar surface area (TPSA) is 45.5 Å². The Morgan fingerprint density at radius 3 is 2.62 bits per heavy atom. The molecule has 0 spiro atoms. The SMILES string of the molecule is Cc1cc([C@H](c2ccc(F)cc2)N2CCC(C)CC2)c(NC(=O)c2ccco2)s1. The zero-order valence-electron chi connectivity index (χ0n) is 16.7. The number of halogens is 1. The molecule has 0 radical (unpaired) electrons. The minimum atomic E-state index is -0.261. The van der Waals surface area contributed by atoms with Gasteiger partial charge in [-0.3, -0.25) is 9.69 Å². The molecule has 1 atom stereocenters. The van der Waals surface area contributed by atoms with Gasteiger partial charge in [-0.05, 0) is 74.7 Å². The van der Waals surface area contributed by atoms with Crippen molar-refractivity contribution in [3.05, 3.63) is 76.3 Å². The molecule has 0 bridgehead atoms. The van der Waals surface area contributed by atoms with Crippen LogP contribution in [0.1, 0.15) is 52.4 Å². The van der Waals surface area contributed by atoms with E-state index < -0.39 is 0 Å². The van der Waals surface area contributed by atoms with Crippen molar-refractivity contribution in [1.82, 2.24) is 4.90 Å². The Bertz CT molecular complexity index is 957. The Morgan fingerprint density at radius 1 is 1.24 bits per heavy atom. The van der Waals surface area contributed by atoms with E-state index in [4.69, 9.17) is 4.42 Å². The van der Waals surface area contributed by atoms with Crippen LogP contribution in [0.2, 0.25) is 0 Å². The molecule has 29 heavy (non-hydrogen) atoms. The third-order valence-electron chi connectivity index (χ3n) is 5.52. The maximum Gasteiger partial charge on any atom is 0.291 e. The Balaban J connectivity index is 1.70. The highest BCUT2D eigenvalue weighted by molar-refractivity contribution is 7.16. The zero-order chi connectivity index (χ0) is 20.4. The summed E-state index contributed by atoms with van der Waals surface area (Å²) < 4.78 is 18.8. The maximum atomic E-state index is 13.6. The Labute approximate surface area is 174 Å². The number of hydrogen-bond donors (Lipinski definition) is 1. The molecule has 1 amide bonds. The fourth-order valence-electron chi connectivity index (χ4n) is 3.93. The minimum absolute atomic E-state index is 0.0278. The normalized spacial score (nSPS) is 16.7. The van der Waals surface area contributed by atoms with Gasteiger partial charge in [-0.15, -0.1) is 11.3 Å². The van der Waals surface area contributed by atoms with E-state index in [9.17, 15) is 9.18 Å². The number of hydrogen-bond acceptors (Lipinski definition) is 4. The first kappa shape index (κ1) is 19.9. The van der Waals surface area contributed by atoms with Gasteiger partial charge in [0.05, 0.1) is 12.3 Å². The number of furan rings is 1. The van der Waals surface area contributed by atoms with Gasteiger partial charge in [-0.2, -0.15) is 0 Å². The second-order valence-corrected chi connectivity index (χ2v) is 9.00. The molecule has 0 unspecified atom stereocenters. The lowest BCUT2D eigenvalue weighted by Crippen LogP contribution is -2.37. The van der Waals surface area contributed by atoms with Crippen LogP contribution in [-0.2, 0) is 0 Å². The number of carbonyl (C=O) groups excluding carboxylic acids is 1. The number of likely N-dealkylation sites (tertiary alicyclic amines) is 1. The predicted molar refractivity (Wildman–Crippen MR) is 114 cm³/mol. The van der Waals surface area contributed by atoms with Crippen LogP contribution in [0.3, 0.4) is 0 Å². The molecular formula is C23H25FN2O2S. The third kappa shape index (κ3) is 4.43. The Hall–Kier alpha value is -2.44. The number of amides is 1. The highest BCUT2D eigenvalue weighted by Gasteiger charge is 2.29. The number of anilines is 1. The van der Waals surface area contributed by atoms with Gasteiger partial charge in [0.1, 0.15) is 10.8 Å². The summed E-state index contributed by atoms with van der Waals surface area (Å²) in [5.74, 6) is 0.491. The molecule has 1 fully saturated rings. The smallest absolute Gasteiger partial charge is 0.291 e. The van der Waals surface area contributed by atoms with Crippen LogP contribution in [0.5, 0.6) is 0 Å². The average molecular weight is 413 g/mol. The van der Waals surface area contributed by atoms with Gasteiger partial charge in [0, 0.05) is 10.4 Å². The van der Waals surface area contributed by atoms with Crippen LogP contribution in [0, 0.1) is 18.7 Å². The standard InChI is InChI=1S/C23H25FN2O2S/c1-15-9-11-26(12-10-15)21(17-5-7-18(24)8-6-17)19-14-16(2)29-23(19)25-22(27)20-4-3-13-28-20/h3-8,13-15,21H,9-12H2,1-2H3,(H,25,27)/t21-/m0/s1. The van der Waals surface area contributed by atoms with E-state index in [1.54, 1.807) is 23.5 Å². The number of thiophene rings is 1. The van der Waals surface area contributed by atoms with Crippen LogP contribution in [0.4, 0.5) is 9.39 Å². The first-order valence-electron chi connectivity index (χ1n) is 9.96. The molecule has 3 aromatic rings. The Kier molecular flexibility index (Phi) is 5.83. The largest absolute Gasteiger partial charge is 0.459 e. The van der Waals surface area contributed by atoms with Crippen LogP contribution in [-0.4, -0.2) is 23.9 Å². The lowest BCUT2D eigenvalue weighted by Gasteiger charge is -2.37. The van der Waals surface area contributed by atoms with E-state index in [1.165, 1.54) is 18.4 Å². The van der Waals surface area contributed by atoms with Crippen molar-refractivity contribution in [2.24, 2.45) is 5.92 Å². The lowest BCUT2D eigenvalue weighted by molar-refractivity contribution is 0.0996. The fourth-order valence-corrected chi connectivity index (χ4v) is 4.87. The average Bonchev–Trinajstić information content (AvgIpc) is 3.35. The van der Waals surface area contributed by atoms with Gasteiger partial charge in [0.2, 0.25) is 0 Å². The first-order chi connectivity index (χ1) is 14.0. The number of nitrogens with zero attached hydrogens (tertiary/aromatic N) is 1. The molecular weight excluding hydrogens is 387 g/mol. The predicted octanol–water partition coefficient (Wildman–Crippen LogP) is 5.86. The molecule has 3 heterocycles. The third-order valence-corrected chi connectivity index (χ3v) is 6.50. The van der Waals surface area contributed by atoms with Gasteiger partial charge in [-0.1, -0.05) is 19.1 Å². The summed E-state index contributed by atoms with van der Waals surface area (Å²) in [5, 5.41) is 3.84. The summed E-state index contributed by atoms with van der Waals surface area (Å²) >= 11 is 1.56. The zero-order valence-corrected chi connectivity index (χ0v) is 17.5. The number of rotatable bonds is 5. The summed E-state index contributed by atoms with van der Waals surface area (Å²) in [7, 11) is 0. The molecule has 6 heteroatoms. The van der Waals surface area contributed by atoms with Gasteiger partial charge < -0.3 is 9.73 Å². The fraction of sp³-hybridized carbons (Fsp3) is 0.348. The number of piperidine rings is 1. The summed E-state index contributed by atoms with van der Waals surface area (Å²) in [5.41, 5.74) is 2.08. The van der Waals surface area contributed by atoms with Crippen molar-refractivity contribution in [2.45, 2.75) is 32.7 Å². The lowest BCUT2D eigenvalue weighted by atomic mass is 9.92. The minimum Gasteiger partial charge on any atom is -0.459 e. The van der Waals surface area contributed by atoms with Gasteiger partial charge in [0.25, 0.3) is 5.91 Å². The number of benzene rings is 1. The van der Waals surface area contributed by atoms with E-state index in [2.05, 4.69) is 23.2 Å². The molecule has 0 saturated carbocycles. The molecule has 1 saturated heterocycles. The van der Waals surface area contributed by atoms with Crippen molar-refractivity contribution in [1.29, 1.82) is 0 Å². The number of carbonyl (C=O) groups is 1. The van der Waals surface area contributed by atoms with E-state index in [0.29, 0.717) is 5.92 Å².